The molecule has 0 spiro atoms. The highest BCUT2D eigenvalue weighted by Gasteiger charge is 2.38. The van der Waals surface area contributed by atoms with E-state index in [0.717, 1.165) is 27.5 Å². The van der Waals surface area contributed by atoms with E-state index in [1.54, 1.807) is 18.2 Å². The predicted molar refractivity (Wildman–Crippen MR) is 185 cm³/mol. The number of halogens is 2. The van der Waals surface area contributed by atoms with Gasteiger partial charge in [0.1, 0.15) is 5.75 Å². The van der Waals surface area contributed by atoms with Crippen molar-refractivity contribution in [1.29, 1.82) is 0 Å². The third-order valence-corrected chi connectivity index (χ3v) is 9.53. The van der Waals surface area contributed by atoms with E-state index >= 15 is 0 Å². The van der Waals surface area contributed by atoms with Gasteiger partial charge >= 0.3 is 6.61 Å². The molecule has 1 aliphatic rings. The van der Waals surface area contributed by atoms with Gasteiger partial charge in [0.25, 0.3) is 0 Å². The van der Waals surface area contributed by atoms with Gasteiger partial charge in [-0.15, -0.1) is 0 Å². The molecule has 0 saturated heterocycles. The molecular weight excluding hydrogens is 560 g/mol. The molecule has 4 heteroatoms. The Balaban J connectivity index is 1.40. The van der Waals surface area contributed by atoms with E-state index < -0.39 is 12.0 Å². The van der Waals surface area contributed by atoms with E-state index in [4.69, 9.17) is 4.74 Å². The molecule has 0 amide bonds. The van der Waals surface area contributed by atoms with E-state index in [2.05, 4.69) is 131 Å². The lowest BCUT2D eigenvalue weighted by Gasteiger charge is -2.34. The van der Waals surface area contributed by atoms with Crippen molar-refractivity contribution in [2.24, 2.45) is 0 Å². The molecule has 0 bridgehead atoms. The number of hydrogen-bond donors (Lipinski definition) is 0. The number of likely N-dealkylation sites (N-methyl/N-ethyl adjacent to an activating group) is 1. The fraction of sp³-hybridized carbons (Fsp3) is 0.220. The van der Waals surface area contributed by atoms with Crippen molar-refractivity contribution in [1.82, 2.24) is 0 Å². The van der Waals surface area contributed by atoms with Crippen molar-refractivity contribution in [2.75, 3.05) is 11.9 Å². The van der Waals surface area contributed by atoms with Gasteiger partial charge in [0.15, 0.2) is 0 Å². The van der Waals surface area contributed by atoms with E-state index in [1.165, 1.54) is 33.3 Å². The summed E-state index contributed by atoms with van der Waals surface area (Å²) >= 11 is 0. The molecule has 1 aliphatic heterocycles. The van der Waals surface area contributed by atoms with E-state index in [9.17, 15) is 8.78 Å². The quantitative estimate of drug-likeness (QED) is 0.165. The molecule has 5 aromatic carbocycles. The largest absolute Gasteiger partial charge is 0.435 e. The molecule has 6 rings (SSSR count). The summed E-state index contributed by atoms with van der Waals surface area (Å²) < 4.78 is 30.9. The Kier molecular flexibility index (Phi) is 7.86. The Bertz CT molecular complexity index is 1990. The lowest BCUT2D eigenvalue weighted by Crippen LogP contribution is -2.28. The molecule has 0 aliphatic carbocycles. The summed E-state index contributed by atoms with van der Waals surface area (Å²) in [5.41, 5.74) is 7.18. The van der Waals surface area contributed by atoms with Gasteiger partial charge in [0.05, 0.1) is 0 Å². The molecule has 0 aromatic heterocycles. The molecule has 2 nitrogen and oxygen atoms in total. The van der Waals surface area contributed by atoms with Crippen LogP contribution in [0, 0.1) is 6.92 Å². The standard InChI is InChI=1S/C41H39F2NO/c1-27-21-22-30-15-9-10-19-34(30)38(27)41(5,26-29-14-12-18-33(23-29)45-39(42)43)28(2)13-11-20-37-40(3,4)35-24-31-16-7-8-17-32(31)25-36(35)44(37)6/h7-25,39H,2,26H2,1,3-6H3/b13-11+,37-20+. The number of nitrogens with zero attached hydrogens (tertiary/aromatic N) is 1. The van der Waals surface area contributed by atoms with Gasteiger partial charge in [-0.2, -0.15) is 8.78 Å². The van der Waals surface area contributed by atoms with E-state index in [0.29, 0.717) is 6.42 Å². The van der Waals surface area contributed by atoms with Gasteiger partial charge in [0.2, 0.25) is 0 Å². The van der Waals surface area contributed by atoms with Crippen molar-refractivity contribution in [3.63, 3.8) is 0 Å². The van der Waals surface area contributed by atoms with Crippen LogP contribution >= 0.6 is 0 Å². The number of benzene rings is 5. The molecule has 0 radical (unpaired) electrons. The number of fused-ring (bicyclic) bond motifs is 3. The Morgan fingerprint density at radius 2 is 1.60 bits per heavy atom. The van der Waals surface area contributed by atoms with Crippen LogP contribution in [0.25, 0.3) is 21.5 Å². The van der Waals surface area contributed by atoms with Crippen LogP contribution in [0.15, 0.2) is 133 Å². The molecule has 0 N–H and O–H groups in total. The fourth-order valence-electron chi connectivity index (χ4n) is 7.17. The lowest BCUT2D eigenvalue weighted by atomic mass is 9.69. The third-order valence-electron chi connectivity index (χ3n) is 9.53. The number of alkyl halides is 2. The van der Waals surface area contributed by atoms with Crippen LogP contribution in [0.1, 0.15) is 43.0 Å². The second kappa shape index (κ2) is 11.7. The van der Waals surface area contributed by atoms with Gasteiger partial charge in [0, 0.05) is 29.3 Å². The summed E-state index contributed by atoms with van der Waals surface area (Å²) in [4.78, 5) is 2.29. The fourth-order valence-corrected chi connectivity index (χ4v) is 7.17. The van der Waals surface area contributed by atoms with Crippen molar-refractivity contribution >= 4 is 27.2 Å². The maximum Gasteiger partial charge on any atom is 0.387 e. The molecule has 1 atom stereocenters. The van der Waals surface area contributed by atoms with Crippen LogP contribution in [-0.2, 0) is 17.3 Å². The van der Waals surface area contributed by atoms with Crippen LogP contribution < -0.4 is 9.64 Å². The Morgan fingerprint density at radius 3 is 2.33 bits per heavy atom. The first kappa shape index (κ1) is 30.3. The van der Waals surface area contributed by atoms with Crippen LogP contribution in [0.2, 0.25) is 0 Å². The zero-order valence-corrected chi connectivity index (χ0v) is 26.6. The van der Waals surface area contributed by atoms with Gasteiger partial charge in [-0.05, 0) is 93.1 Å². The van der Waals surface area contributed by atoms with Gasteiger partial charge in [-0.25, -0.2) is 0 Å². The highest BCUT2D eigenvalue weighted by Crippen LogP contribution is 2.48. The Labute approximate surface area is 265 Å². The number of ether oxygens (including phenoxy) is 1. The first-order valence-electron chi connectivity index (χ1n) is 15.4. The van der Waals surface area contributed by atoms with Crippen LogP contribution in [-0.4, -0.2) is 13.7 Å². The summed E-state index contributed by atoms with van der Waals surface area (Å²) in [7, 11) is 2.13. The zero-order valence-electron chi connectivity index (χ0n) is 26.6. The molecule has 5 aromatic rings. The van der Waals surface area contributed by atoms with Crippen molar-refractivity contribution < 1.29 is 13.5 Å². The third kappa shape index (κ3) is 5.55. The highest BCUT2D eigenvalue weighted by atomic mass is 19.3. The van der Waals surface area contributed by atoms with Crippen LogP contribution in [0.5, 0.6) is 5.75 Å². The lowest BCUT2D eigenvalue weighted by molar-refractivity contribution is -0.0498. The normalized spacial score (nSPS) is 16.5. The van der Waals surface area contributed by atoms with E-state index in [1.807, 2.05) is 12.1 Å². The predicted octanol–water partition coefficient (Wildman–Crippen LogP) is 10.8. The maximum atomic E-state index is 13.1. The minimum absolute atomic E-state index is 0.157. The number of allylic oxidation sites excluding steroid dienone is 5. The van der Waals surface area contributed by atoms with E-state index in [-0.39, 0.29) is 11.2 Å². The summed E-state index contributed by atoms with van der Waals surface area (Å²) in [6.45, 7) is 10.6. The zero-order chi connectivity index (χ0) is 31.9. The Morgan fingerprint density at radius 1 is 0.911 bits per heavy atom. The second-order valence-electron chi connectivity index (χ2n) is 12.9. The smallest absolute Gasteiger partial charge is 0.387 e. The molecule has 0 fully saturated rings. The molecular formula is C41H39F2NO. The van der Waals surface area contributed by atoms with Gasteiger partial charge in [-0.3, -0.25) is 0 Å². The highest BCUT2D eigenvalue weighted by molar-refractivity contribution is 5.91. The average Bonchev–Trinajstić information content (AvgIpc) is 3.19. The Hall–Kier alpha value is -4.70. The van der Waals surface area contributed by atoms with Crippen LogP contribution in [0.3, 0.4) is 0 Å². The summed E-state index contributed by atoms with van der Waals surface area (Å²) in [5, 5.41) is 4.78. The SMILES string of the molecule is C=C(/C=C/C=C1/N(C)c2cc3ccccc3cc2C1(C)C)C(C)(Cc1cccc(OC(F)F)c1)c1c(C)ccc2ccccc12. The van der Waals surface area contributed by atoms with Crippen LogP contribution in [0.4, 0.5) is 14.5 Å². The molecule has 1 heterocycles. The van der Waals surface area contributed by atoms with Gasteiger partial charge in [-0.1, -0.05) is 112 Å². The minimum Gasteiger partial charge on any atom is -0.435 e. The summed E-state index contributed by atoms with van der Waals surface area (Å²) in [6.07, 6.45) is 6.97. The van der Waals surface area contributed by atoms with Crippen molar-refractivity contribution in [2.45, 2.75) is 51.6 Å². The number of rotatable bonds is 8. The topological polar surface area (TPSA) is 12.5 Å². The number of aryl methyl sites for hydroxylation is 1. The number of anilines is 1. The minimum atomic E-state index is -2.87. The molecule has 1 unspecified atom stereocenters. The van der Waals surface area contributed by atoms with Crippen molar-refractivity contribution in [3.05, 3.63) is 155 Å². The molecule has 45 heavy (non-hydrogen) atoms. The first-order valence-corrected chi connectivity index (χ1v) is 15.4. The summed E-state index contributed by atoms with van der Waals surface area (Å²) in [5.74, 6) is 0.157. The first-order chi connectivity index (χ1) is 21.5. The number of hydrogen-bond acceptors (Lipinski definition) is 2. The van der Waals surface area contributed by atoms with Crippen molar-refractivity contribution in [3.8, 4) is 5.75 Å². The second-order valence-corrected chi connectivity index (χ2v) is 12.9. The van der Waals surface area contributed by atoms with Gasteiger partial charge < -0.3 is 9.64 Å². The monoisotopic (exact) mass is 599 g/mol. The molecule has 228 valence electrons. The average molecular weight is 600 g/mol. The molecule has 0 saturated carbocycles. The maximum absolute atomic E-state index is 13.1. The summed E-state index contributed by atoms with van der Waals surface area (Å²) in [6, 6.07) is 32.8.